The number of methoxy groups -OCH3 is 1. The highest BCUT2D eigenvalue weighted by Gasteiger charge is 2.18. The van der Waals surface area contributed by atoms with E-state index in [0.717, 1.165) is 6.54 Å². The van der Waals surface area contributed by atoms with Crippen LogP contribution in [0, 0.1) is 16.0 Å². The van der Waals surface area contributed by atoms with Gasteiger partial charge < -0.3 is 10.1 Å². The van der Waals surface area contributed by atoms with Crippen molar-refractivity contribution >= 4 is 11.4 Å². The lowest BCUT2D eigenvalue weighted by molar-refractivity contribution is -0.384. The van der Waals surface area contributed by atoms with Crippen LogP contribution in [0.2, 0.25) is 0 Å². The fourth-order valence-corrected chi connectivity index (χ4v) is 1.90. The lowest BCUT2D eigenvalue weighted by Gasteiger charge is -2.26. The van der Waals surface area contributed by atoms with Gasteiger partial charge in [0, 0.05) is 18.7 Å². The quantitative estimate of drug-likeness (QED) is 0.630. The molecule has 1 saturated carbocycles. The predicted octanol–water partition coefficient (Wildman–Crippen LogP) is 2.82. The second-order valence-corrected chi connectivity index (χ2v) is 4.32. The fraction of sp³-hybridized carbons (Fsp3) is 0.500. The number of ether oxygens (including phenoxy) is 1. The molecule has 0 heterocycles. The summed E-state index contributed by atoms with van der Waals surface area (Å²) in [5, 5.41) is 13.9. The molecule has 1 N–H and O–H groups in total. The molecule has 2 rings (SSSR count). The third kappa shape index (κ3) is 2.67. The van der Waals surface area contributed by atoms with Crippen molar-refractivity contribution in [2.24, 2.45) is 5.92 Å². The Balaban J connectivity index is 2.10. The Bertz CT molecular complexity index is 416. The maximum Gasteiger partial charge on any atom is 0.271 e. The zero-order valence-electron chi connectivity index (χ0n) is 9.81. The molecule has 0 radical (unpaired) electrons. The van der Waals surface area contributed by atoms with Crippen molar-refractivity contribution < 1.29 is 9.66 Å². The topological polar surface area (TPSA) is 64.4 Å². The van der Waals surface area contributed by atoms with E-state index in [2.05, 4.69) is 5.32 Å². The number of non-ortho nitro benzene ring substituents is 1. The van der Waals surface area contributed by atoms with E-state index in [1.54, 1.807) is 13.2 Å². The average Bonchev–Trinajstić information content (AvgIpc) is 2.26. The summed E-state index contributed by atoms with van der Waals surface area (Å²) in [5.74, 6) is 1.34. The van der Waals surface area contributed by atoms with Gasteiger partial charge in [-0.1, -0.05) is 6.42 Å². The molecule has 0 amide bonds. The van der Waals surface area contributed by atoms with Crippen molar-refractivity contribution in [3.05, 3.63) is 28.3 Å². The third-order valence-corrected chi connectivity index (χ3v) is 3.20. The summed E-state index contributed by atoms with van der Waals surface area (Å²) in [5.41, 5.74) is 0.788. The van der Waals surface area contributed by atoms with E-state index < -0.39 is 4.92 Å². The van der Waals surface area contributed by atoms with Gasteiger partial charge in [0.2, 0.25) is 0 Å². The maximum absolute atomic E-state index is 10.7. The molecule has 1 aromatic rings. The van der Waals surface area contributed by atoms with Gasteiger partial charge in [-0.15, -0.1) is 0 Å². The number of nitro groups is 1. The number of rotatable bonds is 5. The highest BCUT2D eigenvalue weighted by Crippen LogP contribution is 2.31. The number of anilines is 1. The molecular formula is C12H16N2O3. The van der Waals surface area contributed by atoms with E-state index in [4.69, 9.17) is 4.74 Å². The summed E-state index contributed by atoms with van der Waals surface area (Å²) in [7, 11) is 1.57. The minimum Gasteiger partial charge on any atom is -0.495 e. The molecule has 0 aliphatic heterocycles. The van der Waals surface area contributed by atoms with Crippen LogP contribution < -0.4 is 10.1 Å². The molecule has 0 spiro atoms. The van der Waals surface area contributed by atoms with Crippen molar-refractivity contribution in [2.45, 2.75) is 19.3 Å². The Morgan fingerprint density at radius 1 is 1.53 bits per heavy atom. The van der Waals surface area contributed by atoms with Gasteiger partial charge in [-0.2, -0.15) is 0 Å². The monoisotopic (exact) mass is 236 g/mol. The zero-order chi connectivity index (χ0) is 12.3. The SMILES string of the molecule is COc1ccc([N+](=O)[O-])cc1NCC1CCC1. The molecule has 1 aromatic carbocycles. The molecule has 1 aliphatic carbocycles. The van der Waals surface area contributed by atoms with Gasteiger partial charge in [0.05, 0.1) is 17.7 Å². The molecule has 0 atom stereocenters. The second kappa shape index (κ2) is 5.03. The number of benzene rings is 1. The molecule has 5 heteroatoms. The van der Waals surface area contributed by atoms with Gasteiger partial charge in [-0.3, -0.25) is 10.1 Å². The van der Waals surface area contributed by atoms with Crippen molar-refractivity contribution in [1.82, 2.24) is 0 Å². The summed E-state index contributed by atoms with van der Waals surface area (Å²) in [6, 6.07) is 4.60. The summed E-state index contributed by atoms with van der Waals surface area (Å²) < 4.78 is 5.18. The van der Waals surface area contributed by atoms with E-state index in [1.807, 2.05) is 0 Å². The van der Waals surface area contributed by atoms with E-state index >= 15 is 0 Å². The maximum atomic E-state index is 10.7. The van der Waals surface area contributed by atoms with Crippen LogP contribution in [0.4, 0.5) is 11.4 Å². The molecule has 92 valence electrons. The number of nitrogens with one attached hydrogen (secondary N) is 1. The first-order valence-electron chi connectivity index (χ1n) is 5.77. The number of hydrogen-bond acceptors (Lipinski definition) is 4. The Morgan fingerprint density at radius 3 is 2.82 bits per heavy atom. The molecule has 0 aromatic heterocycles. The molecule has 0 bridgehead atoms. The van der Waals surface area contributed by atoms with E-state index in [9.17, 15) is 10.1 Å². The summed E-state index contributed by atoms with van der Waals surface area (Å²) in [6.07, 6.45) is 3.77. The standard InChI is InChI=1S/C12H16N2O3/c1-17-12-6-5-10(14(15)16)7-11(12)13-8-9-3-2-4-9/h5-7,9,13H,2-4,8H2,1H3. The van der Waals surface area contributed by atoms with Gasteiger partial charge >= 0.3 is 0 Å². The van der Waals surface area contributed by atoms with Crippen LogP contribution in [0.1, 0.15) is 19.3 Å². The molecule has 0 unspecified atom stereocenters. The summed E-state index contributed by atoms with van der Waals surface area (Å²) in [6.45, 7) is 0.859. The van der Waals surface area contributed by atoms with Crippen LogP contribution in [0.5, 0.6) is 5.75 Å². The molecular weight excluding hydrogens is 220 g/mol. The first-order chi connectivity index (χ1) is 8.20. The Labute approximate surface area is 99.9 Å². The van der Waals surface area contributed by atoms with Crippen LogP contribution in [0.15, 0.2) is 18.2 Å². The van der Waals surface area contributed by atoms with Gasteiger partial charge in [0.15, 0.2) is 0 Å². The Morgan fingerprint density at radius 2 is 2.29 bits per heavy atom. The second-order valence-electron chi connectivity index (χ2n) is 4.32. The average molecular weight is 236 g/mol. The smallest absolute Gasteiger partial charge is 0.271 e. The minimum atomic E-state index is -0.395. The van der Waals surface area contributed by atoms with Crippen LogP contribution in [-0.2, 0) is 0 Å². The molecule has 0 saturated heterocycles. The lowest BCUT2D eigenvalue weighted by atomic mass is 9.85. The van der Waals surface area contributed by atoms with Crippen molar-refractivity contribution in [3.8, 4) is 5.75 Å². The lowest BCUT2D eigenvalue weighted by Crippen LogP contribution is -2.21. The first-order valence-corrected chi connectivity index (χ1v) is 5.77. The molecule has 1 fully saturated rings. The largest absolute Gasteiger partial charge is 0.495 e. The highest BCUT2D eigenvalue weighted by molar-refractivity contribution is 5.61. The number of hydrogen-bond donors (Lipinski definition) is 1. The molecule has 17 heavy (non-hydrogen) atoms. The molecule has 1 aliphatic rings. The van der Waals surface area contributed by atoms with E-state index in [-0.39, 0.29) is 5.69 Å². The normalized spacial score (nSPS) is 15.1. The van der Waals surface area contributed by atoms with Crippen molar-refractivity contribution in [2.75, 3.05) is 19.0 Å². The van der Waals surface area contributed by atoms with Crippen molar-refractivity contribution in [3.63, 3.8) is 0 Å². The van der Waals surface area contributed by atoms with Gasteiger partial charge in [0.1, 0.15) is 5.75 Å². The van der Waals surface area contributed by atoms with E-state index in [0.29, 0.717) is 17.4 Å². The van der Waals surface area contributed by atoms with Gasteiger partial charge in [-0.05, 0) is 24.8 Å². The van der Waals surface area contributed by atoms with Crippen molar-refractivity contribution in [1.29, 1.82) is 0 Å². The zero-order valence-corrected chi connectivity index (χ0v) is 9.81. The van der Waals surface area contributed by atoms with Gasteiger partial charge in [-0.25, -0.2) is 0 Å². The number of nitro benzene ring substituents is 1. The first kappa shape index (κ1) is 11.7. The predicted molar refractivity (Wildman–Crippen MR) is 65.5 cm³/mol. The minimum absolute atomic E-state index is 0.0851. The fourth-order valence-electron chi connectivity index (χ4n) is 1.90. The summed E-state index contributed by atoms with van der Waals surface area (Å²) >= 11 is 0. The Kier molecular flexibility index (Phi) is 3.46. The van der Waals surface area contributed by atoms with Crippen LogP contribution >= 0.6 is 0 Å². The molecule has 5 nitrogen and oxygen atoms in total. The highest BCUT2D eigenvalue weighted by atomic mass is 16.6. The van der Waals surface area contributed by atoms with Crippen LogP contribution in [-0.4, -0.2) is 18.6 Å². The van der Waals surface area contributed by atoms with Gasteiger partial charge in [0.25, 0.3) is 5.69 Å². The van der Waals surface area contributed by atoms with Crippen LogP contribution in [0.3, 0.4) is 0 Å². The van der Waals surface area contributed by atoms with E-state index in [1.165, 1.54) is 31.4 Å². The number of nitrogens with zero attached hydrogens (tertiary/aromatic N) is 1. The van der Waals surface area contributed by atoms with Crippen LogP contribution in [0.25, 0.3) is 0 Å². The Hall–Kier alpha value is -1.78. The summed E-state index contributed by atoms with van der Waals surface area (Å²) in [4.78, 5) is 10.3. The third-order valence-electron chi connectivity index (χ3n) is 3.20.